The summed E-state index contributed by atoms with van der Waals surface area (Å²) in [5.41, 5.74) is 1.59. The molecule has 0 aliphatic carbocycles. The Morgan fingerprint density at radius 3 is 2.70 bits per heavy atom. The fourth-order valence-corrected chi connectivity index (χ4v) is 1.97. The van der Waals surface area contributed by atoms with E-state index in [1.165, 1.54) is 6.07 Å². The van der Waals surface area contributed by atoms with E-state index < -0.39 is 0 Å². The second-order valence-electron chi connectivity index (χ2n) is 5.56. The molecule has 1 unspecified atom stereocenters. The van der Waals surface area contributed by atoms with Crippen molar-refractivity contribution < 1.29 is 9.18 Å². The number of guanidine groups is 1. The number of benzene rings is 1. The van der Waals surface area contributed by atoms with E-state index in [0.717, 1.165) is 12.0 Å². The van der Waals surface area contributed by atoms with Gasteiger partial charge in [-0.05, 0) is 37.5 Å². The lowest BCUT2D eigenvalue weighted by Gasteiger charge is -2.14. The van der Waals surface area contributed by atoms with Gasteiger partial charge in [0, 0.05) is 32.6 Å². The summed E-state index contributed by atoms with van der Waals surface area (Å²) in [5.74, 6) is 0.434. The average Bonchev–Trinajstić information content (AvgIpc) is 2.53. The number of hydrogen-bond donors (Lipinski definition) is 3. The van der Waals surface area contributed by atoms with Crippen LogP contribution >= 0.6 is 0 Å². The number of aliphatic imine (C=N–C) groups is 1. The van der Waals surface area contributed by atoms with Crippen molar-refractivity contribution in [2.45, 2.75) is 46.2 Å². The molecule has 0 aromatic heterocycles. The summed E-state index contributed by atoms with van der Waals surface area (Å²) < 4.78 is 13.2. The van der Waals surface area contributed by atoms with Gasteiger partial charge in [0.2, 0.25) is 5.91 Å². The molecule has 5 nitrogen and oxygen atoms in total. The van der Waals surface area contributed by atoms with E-state index >= 15 is 0 Å². The van der Waals surface area contributed by atoms with Crippen LogP contribution in [-0.2, 0) is 11.3 Å². The van der Waals surface area contributed by atoms with Crippen LogP contribution < -0.4 is 16.0 Å². The van der Waals surface area contributed by atoms with Gasteiger partial charge in [0.25, 0.3) is 0 Å². The minimum Gasteiger partial charge on any atom is -0.356 e. The first-order valence-electron chi connectivity index (χ1n) is 7.95. The van der Waals surface area contributed by atoms with Gasteiger partial charge >= 0.3 is 0 Å². The summed E-state index contributed by atoms with van der Waals surface area (Å²) in [6.07, 6.45) is 1.31. The molecule has 0 radical (unpaired) electrons. The Hall–Kier alpha value is -2.11. The van der Waals surface area contributed by atoms with Gasteiger partial charge in [0.1, 0.15) is 5.82 Å². The molecule has 3 N–H and O–H groups in total. The fourth-order valence-electron chi connectivity index (χ4n) is 1.97. The van der Waals surface area contributed by atoms with Gasteiger partial charge in [-0.15, -0.1) is 0 Å². The van der Waals surface area contributed by atoms with E-state index in [4.69, 9.17) is 0 Å². The molecule has 0 bridgehead atoms. The third-order valence-corrected chi connectivity index (χ3v) is 3.57. The summed E-state index contributed by atoms with van der Waals surface area (Å²) in [5, 5.41) is 9.15. The fraction of sp³-hybridized carbons (Fsp3) is 0.529. The molecular formula is C17H27FN4O. The highest BCUT2D eigenvalue weighted by atomic mass is 19.1. The topological polar surface area (TPSA) is 65.5 Å². The maximum absolute atomic E-state index is 13.2. The normalized spacial score (nSPS) is 12.7. The van der Waals surface area contributed by atoms with Gasteiger partial charge in [-0.2, -0.15) is 0 Å². The molecule has 6 heteroatoms. The van der Waals surface area contributed by atoms with Crippen LogP contribution in [-0.4, -0.2) is 31.5 Å². The monoisotopic (exact) mass is 322 g/mol. The molecule has 1 aromatic carbocycles. The Morgan fingerprint density at radius 1 is 1.35 bits per heavy atom. The molecule has 0 heterocycles. The van der Waals surface area contributed by atoms with Crippen LogP contribution in [0.4, 0.5) is 4.39 Å². The Bertz CT molecular complexity index is 545. The van der Waals surface area contributed by atoms with Crippen molar-refractivity contribution in [2.24, 2.45) is 4.99 Å². The zero-order valence-electron chi connectivity index (χ0n) is 14.4. The predicted molar refractivity (Wildman–Crippen MR) is 91.9 cm³/mol. The number of rotatable bonds is 7. The van der Waals surface area contributed by atoms with Gasteiger partial charge in [-0.3, -0.25) is 9.79 Å². The second kappa shape index (κ2) is 9.82. The minimum atomic E-state index is -0.205. The number of halogens is 1. The molecule has 128 valence electrons. The van der Waals surface area contributed by atoms with Crippen LogP contribution in [0, 0.1) is 12.7 Å². The lowest BCUT2D eigenvalue weighted by atomic mass is 10.1. The number of hydrogen-bond acceptors (Lipinski definition) is 2. The summed E-state index contributed by atoms with van der Waals surface area (Å²) >= 11 is 0. The van der Waals surface area contributed by atoms with Gasteiger partial charge in [-0.25, -0.2) is 4.39 Å². The molecule has 0 saturated heterocycles. The van der Waals surface area contributed by atoms with Crippen LogP contribution in [0.5, 0.6) is 0 Å². The van der Waals surface area contributed by atoms with Crippen LogP contribution in [0.1, 0.15) is 37.8 Å². The number of nitrogens with one attached hydrogen (secondary N) is 3. The highest BCUT2D eigenvalue weighted by molar-refractivity contribution is 5.81. The molecule has 1 rings (SSSR count). The van der Waals surface area contributed by atoms with Gasteiger partial charge in [-0.1, -0.05) is 19.1 Å². The molecule has 0 saturated carbocycles. The SMILES string of the molecule is CCC(C)NC(=O)CCNC(=NC)NCc1ccc(F)c(C)c1. The standard InChI is InChI=1S/C17H27FN4O/c1-5-13(3)22-16(23)8-9-20-17(19-4)21-11-14-6-7-15(18)12(2)10-14/h6-7,10,13H,5,8-9,11H2,1-4H3,(H,22,23)(H2,19,20,21). The largest absolute Gasteiger partial charge is 0.356 e. The number of carbonyl (C=O) groups excluding carboxylic acids is 1. The van der Waals surface area contributed by atoms with E-state index in [0.29, 0.717) is 31.0 Å². The van der Waals surface area contributed by atoms with Gasteiger partial charge < -0.3 is 16.0 Å². The lowest BCUT2D eigenvalue weighted by Crippen LogP contribution is -2.40. The van der Waals surface area contributed by atoms with Crippen molar-refractivity contribution >= 4 is 11.9 Å². The third-order valence-electron chi connectivity index (χ3n) is 3.57. The van der Waals surface area contributed by atoms with Gasteiger partial charge in [0.15, 0.2) is 5.96 Å². The molecule has 1 aromatic rings. The van der Waals surface area contributed by atoms with E-state index in [9.17, 15) is 9.18 Å². The highest BCUT2D eigenvalue weighted by Gasteiger charge is 2.06. The Morgan fingerprint density at radius 2 is 2.09 bits per heavy atom. The number of aryl methyl sites for hydroxylation is 1. The van der Waals surface area contributed by atoms with Crippen molar-refractivity contribution in [3.8, 4) is 0 Å². The molecule has 1 amide bonds. The maximum Gasteiger partial charge on any atom is 0.221 e. The highest BCUT2D eigenvalue weighted by Crippen LogP contribution is 2.08. The average molecular weight is 322 g/mol. The Labute approximate surface area is 137 Å². The Balaban J connectivity index is 2.34. The zero-order valence-corrected chi connectivity index (χ0v) is 14.4. The smallest absolute Gasteiger partial charge is 0.221 e. The van der Waals surface area contributed by atoms with Crippen LogP contribution in [0.2, 0.25) is 0 Å². The van der Waals surface area contributed by atoms with Crippen molar-refractivity contribution in [2.75, 3.05) is 13.6 Å². The third kappa shape index (κ3) is 7.13. The molecule has 1 atom stereocenters. The quantitative estimate of drug-likeness (QED) is 0.532. The summed E-state index contributed by atoms with van der Waals surface area (Å²) in [6.45, 7) is 6.80. The number of nitrogens with zero attached hydrogens (tertiary/aromatic N) is 1. The van der Waals surface area contributed by atoms with E-state index in [1.54, 1.807) is 26.1 Å². The number of amides is 1. The molecule has 0 spiro atoms. The van der Waals surface area contributed by atoms with E-state index in [-0.39, 0.29) is 17.8 Å². The molecule has 0 aliphatic heterocycles. The van der Waals surface area contributed by atoms with Gasteiger partial charge in [0.05, 0.1) is 0 Å². The zero-order chi connectivity index (χ0) is 17.2. The minimum absolute atomic E-state index is 0.0245. The van der Waals surface area contributed by atoms with Crippen LogP contribution in [0.15, 0.2) is 23.2 Å². The molecule has 0 fully saturated rings. The second-order valence-corrected chi connectivity index (χ2v) is 5.56. The maximum atomic E-state index is 13.2. The first-order valence-corrected chi connectivity index (χ1v) is 7.95. The lowest BCUT2D eigenvalue weighted by molar-refractivity contribution is -0.121. The predicted octanol–water partition coefficient (Wildman–Crippen LogP) is 2.10. The summed E-state index contributed by atoms with van der Waals surface area (Å²) in [6, 6.07) is 5.20. The first kappa shape index (κ1) is 18.9. The van der Waals surface area contributed by atoms with E-state index in [2.05, 4.69) is 20.9 Å². The first-order chi connectivity index (χ1) is 11.0. The summed E-state index contributed by atoms with van der Waals surface area (Å²) in [7, 11) is 1.67. The summed E-state index contributed by atoms with van der Waals surface area (Å²) in [4.78, 5) is 15.8. The van der Waals surface area contributed by atoms with Crippen molar-refractivity contribution in [3.63, 3.8) is 0 Å². The van der Waals surface area contributed by atoms with Crippen molar-refractivity contribution in [1.29, 1.82) is 0 Å². The Kier molecular flexibility index (Phi) is 8.08. The molecular weight excluding hydrogens is 295 g/mol. The number of carbonyl (C=O) groups is 1. The van der Waals surface area contributed by atoms with Crippen LogP contribution in [0.3, 0.4) is 0 Å². The van der Waals surface area contributed by atoms with Crippen molar-refractivity contribution in [3.05, 3.63) is 35.1 Å². The van der Waals surface area contributed by atoms with Crippen LogP contribution in [0.25, 0.3) is 0 Å². The molecule has 23 heavy (non-hydrogen) atoms. The van der Waals surface area contributed by atoms with E-state index in [1.807, 2.05) is 13.8 Å². The molecule has 0 aliphatic rings. The van der Waals surface area contributed by atoms with Crippen molar-refractivity contribution in [1.82, 2.24) is 16.0 Å².